The summed E-state index contributed by atoms with van der Waals surface area (Å²) < 4.78 is 10.7. The molecule has 21 heavy (non-hydrogen) atoms. The van der Waals surface area contributed by atoms with Gasteiger partial charge in [0.25, 0.3) is 0 Å². The predicted octanol–water partition coefficient (Wildman–Crippen LogP) is 3.72. The molecule has 0 radical (unpaired) electrons. The van der Waals surface area contributed by atoms with Gasteiger partial charge in [0.05, 0.1) is 14.2 Å². The summed E-state index contributed by atoms with van der Waals surface area (Å²) in [7, 11) is 3.39. The number of piperidine rings is 1. The minimum absolute atomic E-state index is 0.827. The molecule has 1 aromatic rings. The zero-order valence-electron chi connectivity index (χ0n) is 13.7. The number of hydrogen-bond acceptors (Lipinski definition) is 3. The summed E-state index contributed by atoms with van der Waals surface area (Å²) in [6.07, 6.45) is 7.83. The third-order valence-electron chi connectivity index (χ3n) is 4.61. The third kappa shape index (κ3) is 4.63. The van der Waals surface area contributed by atoms with Crippen molar-refractivity contribution < 1.29 is 9.47 Å². The van der Waals surface area contributed by atoms with E-state index >= 15 is 0 Å². The fourth-order valence-corrected chi connectivity index (χ4v) is 3.21. The smallest absolute Gasteiger partial charge is 0.161 e. The Morgan fingerprint density at radius 3 is 2.38 bits per heavy atom. The highest BCUT2D eigenvalue weighted by atomic mass is 16.5. The number of benzene rings is 1. The molecular weight excluding hydrogens is 262 g/mol. The normalized spacial score (nSPS) is 16.0. The van der Waals surface area contributed by atoms with E-state index in [0.717, 1.165) is 23.8 Å². The van der Waals surface area contributed by atoms with Crippen LogP contribution in [0, 0.1) is 12.8 Å². The molecule has 0 amide bonds. The topological polar surface area (TPSA) is 30.5 Å². The molecule has 0 atom stereocenters. The Kier molecular flexibility index (Phi) is 6.37. The van der Waals surface area contributed by atoms with Gasteiger partial charge >= 0.3 is 0 Å². The lowest BCUT2D eigenvalue weighted by Crippen LogP contribution is -2.27. The van der Waals surface area contributed by atoms with E-state index in [2.05, 4.69) is 24.4 Å². The Hall–Kier alpha value is -1.22. The van der Waals surface area contributed by atoms with E-state index in [1.807, 2.05) is 0 Å². The van der Waals surface area contributed by atoms with Gasteiger partial charge in [-0.25, -0.2) is 0 Å². The van der Waals surface area contributed by atoms with Gasteiger partial charge in [0.2, 0.25) is 0 Å². The molecule has 1 fully saturated rings. The average molecular weight is 291 g/mol. The van der Waals surface area contributed by atoms with Gasteiger partial charge in [-0.2, -0.15) is 0 Å². The Balaban J connectivity index is 1.82. The van der Waals surface area contributed by atoms with E-state index in [4.69, 9.17) is 9.47 Å². The molecule has 1 aliphatic heterocycles. The second-order valence-corrected chi connectivity index (χ2v) is 6.07. The summed E-state index contributed by atoms with van der Waals surface area (Å²) in [6, 6.07) is 4.22. The summed E-state index contributed by atoms with van der Waals surface area (Å²) in [5.74, 6) is 2.61. The van der Waals surface area contributed by atoms with Gasteiger partial charge in [0.15, 0.2) is 11.5 Å². The molecule has 2 rings (SSSR count). The highest BCUT2D eigenvalue weighted by Crippen LogP contribution is 2.31. The molecule has 1 saturated heterocycles. The summed E-state index contributed by atoms with van der Waals surface area (Å²) >= 11 is 0. The Labute approximate surface area is 129 Å². The maximum Gasteiger partial charge on any atom is 0.161 e. The Bertz CT molecular complexity index is 439. The van der Waals surface area contributed by atoms with E-state index in [1.165, 1.54) is 56.3 Å². The molecule has 3 nitrogen and oxygen atoms in total. The number of unbranched alkanes of at least 4 members (excludes halogenated alkanes) is 1. The predicted molar refractivity (Wildman–Crippen MR) is 87.4 cm³/mol. The zero-order chi connectivity index (χ0) is 15.1. The molecular formula is C18H29NO2. The maximum absolute atomic E-state index is 5.40. The van der Waals surface area contributed by atoms with Gasteiger partial charge in [-0.15, -0.1) is 0 Å². The second-order valence-electron chi connectivity index (χ2n) is 6.07. The van der Waals surface area contributed by atoms with Crippen LogP contribution in [0.4, 0.5) is 0 Å². The number of rotatable bonds is 7. The lowest BCUT2D eigenvalue weighted by molar-refractivity contribution is 0.343. The van der Waals surface area contributed by atoms with Crippen LogP contribution in [-0.2, 0) is 6.42 Å². The summed E-state index contributed by atoms with van der Waals surface area (Å²) in [6.45, 7) is 4.57. The van der Waals surface area contributed by atoms with Crippen molar-refractivity contribution in [3.8, 4) is 11.5 Å². The van der Waals surface area contributed by atoms with Crippen molar-refractivity contribution in [2.45, 2.75) is 45.4 Å². The lowest BCUT2D eigenvalue weighted by Gasteiger charge is -2.22. The van der Waals surface area contributed by atoms with E-state index in [1.54, 1.807) is 14.2 Å². The number of ether oxygens (including phenoxy) is 2. The van der Waals surface area contributed by atoms with Gasteiger partial charge < -0.3 is 14.8 Å². The summed E-state index contributed by atoms with van der Waals surface area (Å²) in [4.78, 5) is 0. The molecule has 1 heterocycles. The average Bonchev–Trinajstić information content (AvgIpc) is 2.53. The van der Waals surface area contributed by atoms with Crippen LogP contribution < -0.4 is 14.8 Å². The van der Waals surface area contributed by atoms with Crippen LogP contribution in [0.3, 0.4) is 0 Å². The first kappa shape index (κ1) is 16.2. The number of nitrogens with one attached hydrogen (secondary N) is 1. The number of hydrogen-bond donors (Lipinski definition) is 1. The van der Waals surface area contributed by atoms with Gasteiger partial charge in [-0.05, 0) is 74.9 Å². The van der Waals surface area contributed by atoms with Gasteiger partial charge in [0.1, 0.15) is 0 Å². The summed E-state index contributed by atoms with van der Waals surface area (Å²) in [5, 5.41) is 3.44. The molecule has 0 unspecified atom stereocenters. The summed E-state index contributed by atoms with van der Waals surface area (Å²) in [5.41, 5.74) is 2.69. The van der Waals surface area contributed by atoms with Gasteiger partial charge in [-0.3, -0.25) is 0 Å². The first-order valence-electron chi connectivity index (χ1n) is 8.16. The quantitative estimate of drug-likeness (QED) is 0.777. The molecule has 1 aliphatic rings. The molecule has 118 valence electrons. The number of aryl methyl sites for hydroxylation is 2. The Morgan fingerprint density at radius 1 is 1.05 bits per heavy atom. The van der Waals surface area contributed by atoms with Gasteiger partial charge in [0, 0.05) is 0 Å². The van der Waals surface area contributed by atoms with E-state index < -0.39 is 0 Å². The zero-order valence-corrected chi connectivity index (χ0v) is 13.7. The largest absolute Gasteiger partial charge is 0.493 e. The van der Waals surface area contributed by atoms with Crippen LogP contribution >= 0.6 is 0 Å². The maximum atomic E-state index is 5.40. The monoisotopic (exact) mass is 291 g/mol. The van der Waals surface area contributed by atoms with Crippen molar-refractivity contribution in [3.63, 3.8) is 0 Å². The second kappa shape index (κ2) is 8.28. The van der Waals surface area contributed by atoms with Crippen LogP contribution in [-0.4, -0.2) is 27.3 Å². The van der Waals surface area contributed by atoms with Crippen molar-refractivity contribution in [2.75, 3.05) is 27.3 Å². The molecule has 0 aliphatic carbocycles. The molecule has 0 spiro atoms. The van der Waals surface area contributed by atoms with Crippen LogP contribution in [0.1, 0.15) is 43.2 Å². The fourth-order valence-electron chi connectivity index (χ4n) is 3.21. The van der Waals surface area contributed by atoms with Crippen molar-refractivity contribution >= 4 is 0 Å². The van der Waals surface area contributed by atoms with Crippen molar-refractivity contribution in [2.24, 2.45) is 5.92 Å². The van der Waals surface area contributed by atoms with E-state index in [9.17, 15) is 0 Å². The fraction of sp³-hybridized carbons (Fsp3) is 0.667. The Morgan fingerprint density at radius 2 is 1.71 bits per heavy atom. The van der Waals surface area contributed by atoms with Gasteiger partial charge in [-0.1, -0.05) is 12.8 Å². The van der Waals surface area contributed by atoms with Crippen molar-refractivity contribution in [1.82, 2.24) is 5.32 Å². The van der Waals surface area contributed by atoms with E-state index in [-0.39, 0.29) is 0 Å². The standard InChI is InChI=1S/C18H29NO2/c1-14-12-17(20-2)18(21-3)13-16(14)7-5-4-6-15-8-10-19-11-9-15/h12-13,15,19H,4-11H2,1-3H3. The molecule has 1 aromatic carbocycles. The SMILES string of the molecule is COc1cc(C)c(CCCCC2CCNCC2)cc1OC. The third-order valence-corrected chi connectivity index (χ3v) is 4.61. The first-order chi connectivity index (χ1) is 10.2. The van der Waals surface area contributed by atoms with Crippen LogP contribution in [0.25, 0.3) is 0 Å². The van der Waals surface area contributed by atoms with E-state index in [0.29, 0.717) is 0 Å². The minimum Gasteiger partial charge on any atom is -0.493 e. The highest BCUT2D eigenvalue weighted by molar-refractivity contribution is 5.47. The highest BCUT2D eigenvalue weighted by Gasteiger charge is 2.13. The first-order valence-corrected chi connectivity index (χ1v) is 8.16. The van der Waals surface area contributed by atoms with Crippen LogP contribution in [0.2, 0.25) is 0 Å². The minimum atomic E-state index is 0.827. The lowest BCUT2D eigenvalue weighted by atomic mass is 9.91. The molecule has 0 saturated carbocycles. The molecule has 0 aromatic heterocycles. The van der Waals surface area contributed by atoms with Crippen LogP contribution in [0.15, 0.2) is 12.1 Å². The molecule has 3 heteroatoms. The molecule has 1 N–H and O–H groups in total. The van der Waals surface area contributed by atoms with Crippen molar-refractivity contribution in [3.05, 3.63) is 23.3 Å². The number of methoxy groups -OCH3 is 2. The molecule has 0 bridgehead atoms. The van der Waals surface area contributed by atoms with Crippen LogP contribution in [0.5, 0.6) is 11.5 Å². The van der Waals surface area contributed by atoms with Crippen molar-refractivity contribution in [1.29, 1.82) is 0 Å².